The first kappa shape index (κ1) is 24.8. The van der Waals surface area contributed by atoms with Gasteiger partial charge >= 0.3 is 0 Å². The summed E-state index contributed by atoms with van der Waals surface area (Å²) in [4.78, 5) is 30.0. The molecule has 8 heteroatoms. The number of nitrogens with one attached hydrogen (secondary N) is 2. The van der Waals surface area contributed by atoms with Gasteiger partial charge in [-0.05, 0) is 47.2 Å². The standard InChI is InChI=1S/C27H31BrClN3O3/c1-26(2,3)15-21-27(19-8-7-18(29)14-20(19)30-25(27)34)22(16-5-4-6-17(28)13-16)23(31-21)24(33)32-9-11-35-12-10-32/h4-8,13-14,21-23,31H,9-12,15H2,1-3H3,(H,30,34)/t21-,22+,23-,27+/m1/s1. The number of anilines is 1. The third-order valence-corrected chi connectivity index (χ3v) is 8.15. The molecule has 2 N–H and O–H groups in total. The molecule has 3 aliphatic rings. The molecule has 0 saturated carbocycles. The Kier molecular flexibility index (Phi) is 6.49. The van der Waals surface area contributed by atoms with Crippen molar-refractivity contribution in [3.63, 3.8) is 0 Å². The second-order valence-corrected chi connectivity index (χ2v) is 12.3. The zero-order valence-electron chi connectivity index (χ0n) is 20.2. The van der Waals surface area contributed by atoms with Crippen LogP contribution in [0.1, 0.15) is 44.2 Å². The number of carbonyl (C=O) groups excluding carboxylic acids is 2. The second-order valence-electron chi connectivity index (χ2n) is 10.9. The van der Waals surface area contributed by atoms with E-state index in [1.165, 1.54) is 0 Å². The number of amides is 2. The molecule has 0 unspecified atom stereocenters. The second kappa shape index (κ2) is 9.18. The average molecular weight is 561 g/mol. The fourth-order valence-electron chi connectivity index (χ4n) is 6.09. The highest BCUT2D eigenvalue weighted by Crippen LogP contribution is 2.57. The quantitative estimate of drug-likeness (QED) is 0.570. The average Bonchev–Trinajstić information content (AvgIpc) is 3.27. The molecule has 186 valence electrons. The van der Waals surface area contributed by atoms with Crippen molar-refractivity contribution in [3.8, 4) is 0 Å². The lowest BCUT2D eigenvalue weighted by molar-refractivity contribution is -0.137. The SMILES string of the molecule is CC(C)(C)C[C@H]1N[C@@H](C(=O)N2CCOCC2)[C@H](c2cccc(Br)c2)[C@@]12C(=O)Nc1cc(Cl)ccc12. The molecule has 2 fully saturated rings. The Morgan fingerprint density at radius 2 is 1.94 bits per heavy atom. The van der Waals surface area contributed by atoms with Gasteiger partial charge in [0.25, 0.3) is 0 Å². The van der Waals surface area contributed by atoms with Crippen molar-refractivity contribution in [2.75, 3.05) is 31.6 Å². The molecular weight excluding hydrogens is 530 g/mol. The zero-order chi connectivity index (χ0) is 25.0. The lowest BCUT2D eigenvalue weighted by Crippen LogP contribution is -2.51. The van der Waals surface area contributed by atoms with Crippen LogP contribution in [0.15, 0.2) is 46.9 Å². The van der Waals surface area contributed by atoms with Gasteiger partial charge in [0.2, 0.25) is 11.8 Å². The molecule has 2 aromatic rings. The van der Waals surface area contributed by atoms with Crippen LogP contribution in [0.25, 0.3) is 0 Å². The van der Waals surface area contributed by atoms with Gasteiger partial charge in [0, 0.05) is 40.2 Å². The summed E-state index contributed by atoms with van der Waals surface area (Å²) in [5.74, 6) is -0.465. The molecule has 6 nitrogen and oxygen atoms in total. The molecule has 35 heavy (non-hydrogen) atoms. The highest BCUT2D eigenvalue weighted by molar-refractivity contribution is 9.10. The van der Waals surface area contributed by atoms with Gasteiger partial charge in [-0.25, -0.2) is 0 Å². The van der Waals surface area contributed by atoms with Gasteiger partial charge in [0.15, 0.2) is 0 Å². The number of nitrogens with zero attached hydrogens (tertiary/aromatic N) is 1. The topological polar surface area (TPSA) is 70.7 Å². The van der Waals surface area contributed by atoms with Crippen LogP contribution in [0.5, 0.6) is 0 Å². The molecule has 3 heterocycles. The normalized spacial score (nSPS) is 28.3. The number of halogens is 2. The number of carbonyl (C=O) groups is 2. The van der Waals surface area contributed by atoms with Crippen molar-refractivity contribution in [2.45, 2.75) is 50.6 Å². The summed E-state index contributed by atoms with van der Waals surface area (Å²) in [6, 6.07) is 12.8. The minimum Gasteiger partial charge on any atom is -0.378 e. The first-order valence-electron chi connectivity index (χ1n) is 12.1. The predicted octanol–water partition coefficient (Wildman–Crippen LogP) is 4.71. The summed E-state index contributed by atoms with van der Waals surface area (Å²) < 4.78 is 6.41. The van der Waals surface area contributed by atoms with E-state index in [4.69, 9.17) is 16.3 Å². The molecule has 4 atom stereocenters. The summed E-state index contributed by atoms with van der Waals surface area (Å²) >= 11 is 9.93. The molecule has 2 amide bonds. The Balaban J connectivity index is 1.72. The Morgan fingerprint density at radius 3 is 2.63 bits per heavy atom. The molecule has 0 bridgehead atoms. The van der Waals surface area contributed by atoms with E-state index >= 15 is 0 Å². The van der Waals surface area contributed by atoms with Gasteiger partial charge < -0.3 is 20.3 Å². The number of benzene rings is 2. The van der Waals surface area contributed by atoms with E-state index in [2.05, 4.69) is 47.3 Å². The van der Waals surface area contributed by atoms with Crippen LogP contribution in [0, 0.1) is 5.41 Å². The first-order valence-corrected chi connectivity index (χ1v) is 13.3. The Hall–Kier alpha value is -1.93. The van der Waals surface area contributed by atoms with Crippen LogP contribution in [0.4, 0.5) is 5.69 Å². The molecule has 0 radical (unpaired) electrons. The van der Waals surface area contributed by atoms with Gasteiger partial charge in [-0.3, -0.25) is 9.59 Å². The van der Waals surface area contributed by atoms with E-state index < -0.39 is 17.4 Å². The van der Waals surface area contributed by atoms with Crippen molar-refractivity contribution in [1.82, 2.24) is 10.2 Å². The Labute approximate surface area is 219 Å². The molecule has 3 aliphatic heterocycles. The van der Waals surface area contributed by atoms with Crippen LogP contribution in [-0.4, -0.2) is 55.1 Å². The fourth-order valence-corrected chi connectivity index (χ4v) is 6.68. The lowest BCUT2D eigenvalue weighted by atomic mass is 9.62. The van der Waals surface area contributed by atoms with E-state index in [0.29, 0.717) is 31.3 Å². The van der Waals surface area contributed by atoms with Crippen LogP contribution in [0.2, 0.25) is 5.02 Å². The van der Waals surface area contributed by atoms with Gasteiger partial charge in [-0.2, -0.15) is 0 Å². The number of rotatable bonds is 3. The van der Waals surface area contributed by atoms with Crippen LogP contribution in [0.3, 0.4) is 0 Å². The fraction of sp³-hybridized carbons (Fsp3) is 0.481. The van der Waals surface area contributed by atoms with Crippen LogP contribution >= 0.6 is 27.5 Å². The maximum Gasteiger partial charge on any atom is 0.240 e. The molecule has 1 spiro atoms. The smallest absolute Gasteiger partial charge is 0.240 e. The Morgan fingerprint density at radius 1 is 1.20 bits per heavy atom. The van der Waals surface area contributed by atoms with Gasteiger partial charge in [0.05, 0.1) is 19.3 Å². The van der Waals surface area contributed by atoms with E-state index in [0.717, 1.165) is 27.7 Å². The molecule has 0 aliphatic carbocycles. The zero-order valence-corrected chi connectivity index (χ0v) is 22.6. The summed E-state index contributed by atoms with van der Waals surface area (Å²) in [6.45, 7) is 8.67. The van der Waals surface area contributed by atoms with Crippen molar-refractivity contribution >= 4 is 45.0 Å². The number of fused-ring (bicyclic) bond motifs is 2. The minimum absolute atomic E-state index is 0.0178. The van der Waals surface area contributed by atoms with Crippen molar-refractivity contribution in [1.29, 1.82) is 0 Å². The van der Waals surface area contributed by atoms with E-state index in [9.17, 15) is 9.59 Å². The summed E-state index contributed by atoms with van der Waals surface area (Å²) in [6.07, 6.45) is 0.722. The molecule has 2 saturated heterocycles. The van der Waals surface area contributed by atoms with Gasteiger partial charge in [-0.15, -0.1) is 0 Å². The summed E-state index contributed by atoms with van der Waals surface area (Å²) in [5, 5.41) is 7.38. The monoisotopic (exact) mass is 559 g/mol. The number of ether oxygens (including phenoxy) is 1. The van der Waals surface area contributed by atoms with Crippen LogP contribution < -0.4 is 10.6 Å². The van der Waals surface area contributed by atoms with Crippen molar-refractivity contribution in [2.24, 2.45) is 5.41 Å². The van der Waals surface area contributed by atoms with Crippen molar-refractivity contribution in [3.05, 3.63) is 63.1 Å². The first-order chi connectivity index (χ1) is 16.6. The number of hydrogen-bond acceptors (Lipinski definition) is 4. The lowest BCUT2D eigenvalue weighted by Gasteiger charge is -2.38. The predicted molar refractivity (Wildman–Crippen MR) is 141 cm³/mol. The summed E-state index contributed by atoms with van der Waals surface area (Å²) in [7, 11) is 0. The molecule has 0 aromatic heterocycles. The molecule has 5 rings (SSSR count). The van der Waals surface area contributed by atoms with Gasteiger partial charge in [-0.1, -0.05) is 66.5 Å². The van der Waals surface area contributed by atoms with E-state index in [-0.39, 0.29) is 23.3 Å². The van der Waals surface area contributed by atoms with Crippen LogP contribution in [-0.2, 0) is 19.7 Å². The highest BCUT2D eigenvalue weighted by Gasteiger charge is 2.66. The highest BCUT2D eigenvalue weighted by atomic mass is 79.9. The van der Waals surface area contributed by atoms with Crippen molar-refractivity contribution < 1.29 is 14.3 Å². The number of morpholine rings is 1. The largest absolute Gasteiger partial charge is 0.378 e. The minimum atomic E-state index is -0.958. The Bertz CT molecular complexity index is 1160. The molecular formula is C27H31BrClN3O3. The number of hydrogen-bond donors (Lipinski definition) is 2. The maximum absolute atomic E-state index is 14.1. The molecule has 2 aromatic carbocycles. The maximum atomic E-state index is 14.1. The van der Waals surface area contributed by atoms with Gasteiger partial charge in [0.1, 0.15) is 5.41 Å². The summed E-state index contributed by atoms with van der Waals surface area (Å²) in [5.41, 5.74) is 1.55. The van der Waals surface area contributed by atoms with E-state index in [1.54, 1.807) is 0 Å². The third kappa shape index (κ3) is 4.31. The van der Waals surface area contributed by atoms with E-state index in [1.807, 2.05) is 47.4 Å². The third-order valence-electron chi connectivity index (χ3n) is 7.42.